The minimum atomic E-state index is -0.0394. The van der Waals surface area contributed by atoms with Gasteiger partial charge >= 0.3 is 0 Å². The fourth-order valence-electron chi connectivity index (χ4n) is 5.18. The molecule has 1 amide bonds. The maximum atomic E-state index is 13.5. The lowest BCUT2D eigenvalue weighted by Crippen LogP contribution is -2.50. The summed E-state index contributed by atoms with van der Waals surface area (Å²) in [6.07, 6.45) is 3.55. The highest BCUT2D eigenvalue weighted by Gasteiger charge is 2.31. The summed E-state index contributed by atoms with van der Waals surface area (Å²) in [5.41, 5.74) is 1.67. The van der Waals surface area contributed by atoms with E-state index in [0.29, 0.717) is 84.6 Å². The van der Waals surface area contributed by atoms with E-state index in [1.54, 1.807) is 12.3 Å². The van der Waals surface area contributed by atoms with E-state index in [0.717, 1.165) is 39.1 Å². The van der Waals surface area contributed by atoms with Crippen molar-refractivity contribution in [1.29, 1.82) is 0 Å². The number of carbonyl (C=O) groups is 1. The number of aromatic nitrogens is 4. The monoisotopic (exact) mass is 509 g/mol. The molecule has 37 heavy (non-hydrogen) atoms. The third-order valence-electron chi connectivity index (χ3n) is 7.03. The molecule has 2 N–H and O–H groups in total. The Hall–Kier alpha value is -3.64. The van der Waals surface area contributed by atoms with Crippen molar-refractivity contribution in [3.8, 4) is 17.4 Å². The van der Waals surface area contributed by atoms with Gasteiger partial charge in [0, 0.05) is 32.2 Å². The smallest absolute Gasteiger partial charge is 0.257 e. The molecule has 6 rings (SSSR count). The molecular weight excluding hydrogens is 478 g/mol. The number of benzene rings is 1. The molecule has 3 aromatic rings. The van der Waals surface area contributed by atoms with Crippen LogP contribution >= 0.6 is 0 Å². The first-order chi connectivity index (χ1) is 18.2. The first-order valence-corrected chi connectivity index (χ1v) is 12.9. The summed E-state index contributed by atoms with van der Waals surface area (Å²) in [4.78, 5) is 26.9. The van der Waals surface area contributed by atoms with Crippen molar-refractivity contribution in [3.63, 3.8) is 0 Å². The topological polar surface area (TPSA) is 127 Å². The number of likely N-dealkylation sites (tertiary alicyclic amines) is 1. The number of H-pyrrole nitrogens is 1. The summed E-state index contributed by atoms with van der Waals surface area (Å²) >= 11 is 0. The van der Waals surface area contributed by atoms with E-state index in [1.165, 1.54) is 0 Å². The van der Waals surface area contributed by atoms with Gasteiger partial charge in [-0.3, -0.25) is 14.8 Å². The SMILES string of the molecule is CCOc1nc(Nc2ccc(C(=O)N3CCC(N4CCOCC4)CC3)c3c2OCCO3)nc2[nH]ncc12. The van der Waals surface area contributed by atoms with Crippen LogP contribution in [0.4, 0.5) is 11.6 Å². The largest absolute Gasteiger partial charge is 0.485 e. The molecule has 1 aromatic carbocycles. The van der Waals surface area contributed by atoms with Crippen molar-refractivity contribution in [1.82, 2.24) is 30.0 Å². The van der Waals surface area contributed by atoms with Crippen LogP contribution in [-0.4, -0.2) is 101 Å². The molecule has 196 valence electrons. The van der Waals surface area contributed by atoms with Crippen LogP contribution in [0, 0.1) is 0 Å². The molecule has 0 bridgehead atoms. The quantitative estimate of drug-likeness (QED) is 0.511. The van der Waals surface area contributed by atoms with Crippen LogP contribution in [0.2, 0.25) is 0 Å². The first kappa shape index (κ1) is 23.7. The van der Waals surface area contributed by atoms with Gasteiger partial charge in [-0.2, -0.15) is 15.1 Å². The zero-order valence-corrected chi connectivity index (χ0v) is 20.9. The number of rotatable bonds is 6. The third kappa shape index (κ3) is 4.74. The van der Waals surface area contributed by atoms with Gasteiger partial charge in [0.2, 0.25) is 11.8 Å². The van der Waals surface area contributed by atoms with E-state index >= 15 is 0 Å². The highest BCUT2D eigenvalue weighted by Crippen LogP contribution is 2.42. The van der Waals surface area contributed by atoms with Crippen LogP contribution in [0.15, 0.2) is 18.3 Å². The Morgan fingerprint density at radius 2 is 1.86 bits per heavy atom. The van der Waals surface area contributed by atoms with E-state index in [-0.39, 0.29) is 5.91 Å². The Morgan fingerprint density at radius 1 is 1.08 bits per heavy atom. The number of amides is 1. The van der Waals surface area contributed by atoms with Gasteiger partial charge in [-0.1, -0.05) is 0 Å². The predicted octanol–water partition coefficient (Wildman–Crippen LogP) is 2.20. The number of ether oxygens (including phenoxy) is 4. The number of morpholine rings is 1. The minimum absolute atomic E-state index is 0.0394. The average molecular weight is 510 g/mol. The van der Waals surface area contributed by atoms with E-state index in [2.05, 4.69) is 30.4 Å². The molecular formula is C25H31N7O5. The van der Waals surface area contributed by atoms with Crippen LogP contribution in [-0.2, 0) is 4.74 Å². The average Bonchev–Trinajstić information content (AvgIpc) is 3.43. The Labute approximate surface area is 214 Å². The normalized spacial score (nSPS) is 18.7. The van der Waals surface area contributed by atoms with Gasteiger partial charge in [0.25, 0.3) is 5.91 Å². The maximum absolute atomic E-state index is 13.5. The number of aromatic amines is 1. The van der Waals surface area contributed by atoms with Crippen molar-refractivity contribution < 1.29 is 23.7 Å². The van der Waals surface area contributed by atoms with E-state index in [4.69, 9.17) is 18.9 Å². The molecule has 3 aliphatic heterocycles. The molecule has 0 spiro atoms. The molecule has 0 atom stereocenters. The molecule has 0 saturated carbocycles. The third-order valence-corrected chi connectivity index (χ3v) is 7.03. The maximum Gasteiger partial charge on any atom is 0.257 e. The molecule has 2 fully saturated rings. The Kier molecular flexibility index (Phi) is 6.66. The number of nitrogens with zero attached hydrogens (tertiary/aromatic N) is 5. The molecule has 2 saturated heterocycles. The van der Waals surface area contributed by atoms with Gasteiger partial charge in [-0.05, 0) is 31.9 Å². The molecule has 3 aliphatic rings. The standard InChI is InChI=1S/C25H31N7O5/c1-2-35-23-18-15-26-30-22(18)28-25(29-23)27-19-4-3-17(20-21(19)37-14-13-36-20)24(33)32-7-5-16(6-8-32)31-9-11-34-12-10-31/h3-4,15-16H,2,5-14H2,1H3,(H2,26,27,28,29,30). The molecule has 5 heterocycles. The lowest BCUT2D eigenvalue weighted by atomic mass is 10.0. The van der Waals surface area contributed by atoms with Crippen molar-refractivity contribution in [2.75, 3.05) is 64.5 Å². The highest BCUT2D eigenvalue weighted by molar-refractivity contribution is 5.99. The number of hydrogen-bond donors (Lipinski definition) is 2. The Bertz CT molecular complexity index is 1270. The first-order valence-electron chi connectivity index (χ1n) is 12.9. The fourth-order valence-corrected chi connectivity index (χ4v) is 5.18. The number of hydrogen-bond acceptors (Lipinski definition) is 10. The minimum Gasteiger partial charge on any atom is -0.485 e. The van der Waals surface area contributed by atoms with Crippen LogP contribution < -0.4 is 19.5 Å². The van der Waals surface area contributed by atoms with Gasteiger partial charge in [0.05, 0.1) is 37.3 Å². The van der Waals surface area contributed by atoms with Gasteiger partial charge in [0.1, 0.15) is 18.6 Å². The number of carbonyl (C=O) groups excluding carboxylic acids is 1. The fraction of sp³-hybridized carbons (Fsp3) is 0.520. The number of piperidine rings is 1. The van der Waals surface area contributed by atoms with E-state index in [9.17, 15) is 4.79 Å². The Morgan fingerprint density at radius 3 is 2.65 bits per heavy atom. The molecule has 12 nitrogen and oxygen atoms in total. The summed E-state index contributed by atoms with van der Waals surface area (Å²) < 4.78 is 23.1. The van der Waals surface area contributed by atoms with Crippen LogP contribution in [0.5, 0.6) is 17.4 Å². The van der Waals surface area contributed by atoms with Crippen molar-refractivity contribution in [3.05, 3.63) is 23.9 Å². The molecule has 2 aromatic heterocycles. The van der Waals surface area contributed by atoms with Crippen LogP contribution in [0.1, 0.15) is 30.1 Å². The van der Waals surface area contributed by atoms with Crippen molar-refractivity contribution in [2.24, 2.45) is 0 Å². The summed E-state index contributed by atoms with van der Waals surface area (Å²) in [5, 5.41) is 10.8. The van der Waals surface area contributed by atoms with Gasteiger partial charge in [0.15, 0.2) is 17.1 Å². The van der Waals surface area contributed by atoms with Crippen LogP contribution in [0.3, 0.4) is 0 Å². The second-order valence-corrected chi connectivity index (χ2v) is 9.23. The second-order valence-electron chi connectivity index (χ2n) is 9.23. The molecule has 0 radical (unpaired) electrons. The van der Waals surface area contributed by atoms with Gasteiger partial charge in [-0.25, -0.2) is 0 Å². The second kappa shape index (κ2) is 10.4. The van der Waals surface area contributed by atoms with Crippen molar-refractivity contribution >= 4 is 28.6 Å². The lowest BCUT2D eigenvalue weighted by Gasteiger charge is -2.40. The van der Waals surface area contributed by atoms with Crippen LogP contribution in [0.25, 0.3) is 11.0 Å². The Balaban J connectivity index is 1.22. The van der Waals surface area contributed by atoms with Crippen molar-refractivity contribution in [2.45, 2.75) is 25.8 Å². The summed E-state index contributed by atoms with van der Waals surface area (Å²) in [6.45, 7) is 8.06. The summed E-state index contributed by atoms with van der Waals surface area (Å²) in [5.74, 6) is 1.64. The summed E-state index contributed by atoms with van der Waals surface area (Å²) in [6, 6.07) is 4.09. The highest BCUT2D eigenvalue weighted by atomic mass is 16.6. The van der Waals surface area contributed by atoms with Gasteiger partial charge < -0.3 is 29.2 Å². The predicted molar refractivity (Wildman–Crippen MR) is 135 cm³/mol. The zero-order valence-electron chi connectivity index (χ0n) is 20.9. The molecule has 12 heteroatoms. The number of fused-ring (bicyclic) bond motifs is 2. The zero-order chi connectivity index (χ0) is 25.2. The lowest BCUT2D eigenvalue weighted by molar-refractivity contribution is 0.00152. The van der Waals surface area contributed by atoms with E-state index in [1.807, 2.05) is 17.9 Å². The molecule has 0 unspecified atom stereocenters. The van der Waals surface area contributed by atoms with Gasteiger partial charge in [-0.15, -0.1) is 0 Å². The van der Waals surface area contributed by atoms with E-state index < -0.39 is 0 Å². The number of anilines is 2. The molecule has 0 aliphatic carbocycles. The summed E-state index contributed by atoms with van der Waals surface area (Å²) in [7, 11) is 0. The number of nitrogens with one attached hydrogen (secondary N) is 2.